The van der Waals surface area contributed by atoms with Gasteiger partial charge in [0.05, 0.1) is 26.7 Å². The minimum absolute atomic E-state index is 0.209. The zero-order valence-corrected chi connectivity index (χ0v) is 9.58. The molecule has 0 amide bonds. The van der Waals surface area contributed by atoms with Crippen LogP contribution in [0.4, 0.5) is 4.39 Å². The molecule has 0 aliphatic carbocycles. The molecule has 0 aliphatic heterocycles. The van der Waals surface area contributed by atoms with E-state index < -0.39 is 6.17 Å². The first kappa shape index (κ1) is 12.3. The van der Waals surface area contributed by atoms with Gasteiger partial charge >= 0.3 is 0 Å². The highest BCUT2D eigenvalue weighted by atomic mass is 19.1. The molecule has 0 spiro atoms. The molecule has 0 aromatic heterocycles. The molecule has 0 heterocycles. The Morgan fingerprint density at radius 3 is 2.38 bits per heavy atom. The van der Waals surface area contributed by atoms with Crippen molar-refractivity contribution in [1.29, 1.82) is 5.26 Å². The lowest BCUT2D eigenvalue weighted by molar-refractivity contribution is 0.342. The second-order valence-electron chi connectivity index (χ2n) is 3.36. The predicted molar refractivity (Wildman–Crippen MR) is 58.4 cm³/mol. The maximum atomic E-state index is 13.3. The summed E-state index contributed by atoms with van der Waals surface area (Å²) in [6, 6.07) is 5.26. The molecule has 1 aromatic rings. The summed E-state index contributed by atoms with van der Waals surface area (Å²) in [7, 11) is 2.97. The monoisotopic (exact) mass is 223 g/mol. The molecule has 1 aromatic carbocycles. The van der Waals surface area contributed by atoms with Crippen LogP contribution in [0.2, 0.25) is 0 Å². The average molecular weight is 223 g/mol. The Hall–Kier alpha value is -1.76. The molecule has 0 fully saturated rings. The lowest BCUT2D eigenvalue weighted by atomic mass is 10.0. The summed E-state index contributed by atoms with van der Waals surface area (Å²) in [5.74, 6) is 0.961. The Morgan fingerprint density at radius 1 is 1.31 bits per heavy atom. The number of rotatable bonds is 4. The van der Waals surface area contributed by atoms with Crippen LogP contribution in [0.5, 0.6) is 11.5 Å². The van der Waals surface area contributed by atoms with E-state index in [1.807, 2.05) is 6.07 Å². The Morgan fingerprint density at radius 2 is 1.94 bits per heavy atom. The van der Waals surface area contributed by atoms with Gasteiger partial charge in [-0.25, -0.2) is 4.39 Å². The van der Waals surface area contributed by atoms with Crippen molar-refractivity contribution >= 4 is 0 Å². The highest BCUT2D eigenvalue weighted by Gasteiger charge is 2.15. The van der Waals surface area contributed by atoms with Gasteiger partial charge in [0.2, 0.25) is 0 Å². The number of methoxy groups -OCH3 is 2. The topological polar surface area (TPSA) is 42.2 Å². The largest absolute Gasteiger partial charge is 0.496 e. The third-order valence-corrected chi connectivity index (χ3v) is 2.33. The van der Waals surface area contributed by atoms with Gasteiger partial charge in [-0.3, -0.25) is 0 Å². The first-order valence-electron chi connectivity index (χ1n) is 4.89. The van der Waals surface area contributed by atoms with Crippen LogP contribution in [0.3, 0.4) is 0 Å². The number of nitrogens with zero attached hydrogens (tertiary/aromatic N) is 1. The maximum Gasteiger partial charge on any atom is 0.126 e. The Kier molecular flexibility index (Phi) is 4.12. The van der Waals surface area contributed by atoms with Gasteiger partial charge in [0.15, 0.2) is 0 Å². The van der Waals surface area contributed by atoms with E-state index in [-0.39, 0.29) is 6.42 Å². The van der Waals surface area contributed by atoms with Crippen molar-refractivity contribution in [2.75, 3.05) is 14.2 Å². The summed E-state index contributed by atoms with van der Waals surface area (Å²) in [5, 5.41) is 8.66. The van der Waals surface area contributed by atoms with Gasteiger partial charge in [0.1, 0.15) is 17.7 Å². The van der Waals surface area contributed by atoms with Gasteiger partial charge in [0.25, 0.3) is 0 Å². The van der Waals surface area contributed by atoms with E-state index in [0.29, 0.717) is 22.6 Å². The zero-order valence-electron chi connectivity index (χ0n) is 9.58. The third kappa shape index (κ3) is 2.43. The van der Waals surface area contributed by atoms with Gasteiger partial charge < -0.3 is 9.47 Å². The highest BCUT2D eigenvalue weighted by Crippen LogP contribution is 2.34. The molecule has 1 rings (SSSR count). The van der Waals surface area contributed by atoms with Crippen molar-refractivity contribution in [3.05, 3.63) is 23.3 Å². The highest BCUT2D eigenvalue weighted by molar-refractivity contribution is 5.48. The van der Waals surface area contributed by atoms with Crippen LogP contribution in [-0.2, 0) is 6.42 Å². The first-order valence-corrected chi connectivity index (χ1v) is 4.89. The van der Waals surface area contributed by atoms with Crippen LogP contribution in [0.1, 0.15) is 24.2 Å². The Bertz CT molecular complexity index is 410. The molecule has 4 heteroatoms. The Labute approximate surface area is 94.4 Å². The second-order valence-corrected chi connectivity index (χ2v) is 3.36. The molecule has 86 valence electrons. The summed E-state index contributed by atoms with van der Waals surface area (Å²) in [6.45, 7) is 1.43. The van der Waals surface area contributed by atoms with Crippen LogP contribution >= 0.6 is 0 Å². The molecule has 0 saturated carbocycles. The minimum atomic E-state index is -1.14. The SMILES string of the molecule is COc1cc(C(C)F)c(OC)cc1CC#N. The summed E-state index contributed by atoms with van der Waals surface area (Å²) in [5.41, 5.74) is 1.13. The number of ether oxygens (including phenoxy) is 2. The van der Waals surface area contributed by atoms with Crippen LogP contribution in [0.25, 0.3) is 0 Å². The number of benzene rings is 1. The lowest BCUT2D eigenvalue weighted by Gasteiger charge is -2.14. The predicted octanol–water partition coefficient (Wildman–Crippen LogP) is 2.80. The van der Waals surface area contributed by atoms with Crippen molar-refractivity contribution < 1.29 is 13.9 Å². The summed E-state index contributed by atoms with van der Waals surface area (Å²) in [6.07, 6.45) is -0.930. The minimum Gasteiger partial charge on any atom is -0.496 e. The fourth-order valence-corrected chi connectivity index (χ4v) is 1.52. The van der Waals surface area contributed by atoms with Crippen LogP contribution in [-0.4, -0.2) is 14.2 Å². The summed E-state index contributed by atoms with van der Waals surface area (Å²) >= 11 is 0. The lowest BCUT2D eigenvalue weighted by Crippen LogP contribution is -1.98. The number of hydrogen-bond donors (Lipinski definition) is 0. The molecule has 1 atom stereocenters. The van der Waals surface area contributed by atoms with Gasteiger partial charge in [0, 0.05) is 11.1 Å². The molecule has 0 radical (unpaired) electrons. The van der Waals surface area contributed by atoms with E-state index in [1.165, 1.54) is 21.1 Å². The van der Waals surface area contributed by atoms with Gasteiger partial charge in [-0.2, -0.15) is 5.26 Å². The molecule has 16 heavy (non-hydrogen) atoms. The van der Waals surface area contributed by atoms with E-state index >= 15 is 0 Å². The van der Waals surface area contributed by atoms with Crippen LogP contribution in [0.15, 0.2) is 12.1 Å². The second kappa shape index (κ2) is 5.36. The molecular formula is C12H14FNO2. The number of alkyl halides is 1. The van der Waals surface area contributed by atoms with Crippen LogP contribution in [0, 0.1) is 11.3 Å². The summed E-state index contributed by atoms with van der Waals surface area (Å²) in [4.78, 5) is 0. The molecule has 3 nitrogen and oxygen atoms in total. The van der Waals surface area contributed by atoms with E-state index in [1.54, 1.807) is 12.1 Å². The molecule has 0 bridgehead atoms. The number of hydrogen-bond acceptors (Lipinski definition) is 3. The van der Waals surface area contributed by atoms with E-state index in [0.717, 1.165) is 0 Å². The molecule has 0 aliphatic rings. The smallest absolute Gasteiger partial charge is 0.126 e. The van der Waals surface area contributed by atoms with E-state index in [9.17, 15) is 4.39 Å². The van der Waals surface area contributed by atoms with Crippen LogP contribution < -0.4 is 9.47 Å². The number of nitriles is 1. The summed E-state index contributed by atoms with van der Waals surface area (Å²) < 4.78 is 23.5. The normalized spacial score (nSPS) is 11.7. The maximum absolute atomic E-state index is 13.3. The Balaban J connectivity index is 3.29. The standard InChI is InChI=1S/C12H14FNO2/c1-8(13)10-7-11(15-2)9(4-5-14)6-12(10)16-3/h6-8H,4H2,1-3H3. The first-order chi connectivity index (χ1) is 7.63. The van der Waals surface area contributed by atoms with Crippen molar-refractivity contribution in [2.45, 2.75) is 19.5 Å². The van der Waals surface area contributed by atoms with Gasteiger partial charge in [-0.15, -0.1) is 0 Å². The van der Waals surface area contributed by atoms with Gasteiger partial charge in [-0.1, -0.05) is 0 Å². The van der Waals surface area contributed by atoms with Crippen molar-refractivity contribution in [3.63, 3.8) is 0 Å². The van der Waals surface area contributed by atoms with Gasteiger partial charge in [-0.05, 0) is 19.1 Å². The van der Waals surface area contributed by atoms with Crippen molar-refractivity contribution in [3.8, 4) is 17.6 Å². The quantitative estimate of drug-likeness (QED) is 0.788. The molecule has 1 unspecified atom stereocenters. The fourth-order valence-electron chi connectivity index (χ4n) is 1.52. The third-order valence-electron chi connectivity index (χ3n) is 2.33. The average Bonchev–Trinajstić information content (AvgIpc) is 2.28. The molecule has 0 N–H and O–H groups in total. The molecular weight excluding hydrogens is 209 g/mol. The zero-order chi connectivity index (χ0) is 12.1. The van der Waals surface area contributed by atoms with E-state index in [2.05, 4.69) is 0 Å². The van der Waals surface area contributed by atoms with Crippen molar-refractivity contribution in [1.82, 2.24) is 0 Å². The van der Waals surface area contributed by atoms with E-state index in [4.69, 9.17) is 14.7 Å². The fraction of sp³-hybridized carbons (Fsp3) is 0.417. The molecule has 0 saturated heterocycles. The van der Waals surface area contributed by atoms with Crippen molar-refractivity contribution in [2.24, 2.45) is 0 Å². The number of halogens is 1.